The molecule has 0 bridgehead atoms. The summed E-state index contributed by atoms with van der Waals surface area (Å²) in [4.78, 5) is 7.53. The van der Waals surface area contributed by atoms with Crippen LogP contribution in [0.2, 0.25) is 0 Å². The van der Waals surface area contributed by atoms with Gasteiger partial charge in [0.25, 0.3) is 0 Å². The minimum atomic E-state index is 0.345. The molecule has 2 saturated carbocycles. The van der Waals surface area contributed by atoms with Crippen LogP contribution in [0.3, 0.4) is 0 Å². The predicted molar refractivity (Wildman–Crippen MR) is 214 cm³/mol. The van der Waals surface area contributed by atoms with Gasteiger partial charge in [-0.1, -0.05) is 121 Å². The van der Waals surface area contributed by atoms with Crippen LogP contribution in [0.5, 0.6) is 0 Å². The van der Waals surface area contributed by atoms with Crippen LogP contribution >= 0.6 is 0 Å². The van der Waals surface area contributed by atoms with E-state index < -0.39 is 0 Å². The number of hydrogen-bond donors (Lipinski definition) is 0. The first kappa shape index (κ1) is 32.3. The maximum absolute atomic E-state index is 4.75. The molecule has 250 valence electrons. The van der Waals surface area contributed by atoms with Gasteiger partial charge in [0.1, 0.15) is 0 Å². The van der Waals surface area contributed by atoms with Crippen molar-refractivity contribution < 1.29 is 0 Å². The van der Waals surface area contributed by atoms with Gasteiger partial charge in [0, 0.05) is 30.1 Å². The highest BCUT2D eigenvalue weighted by atomic mass is 15.2. The third-order valence-electron chi connectivity index (χ3n) is 11.7. The third kappa shape index (κ3) is 6.77. The van der Waals surface area contributed by atoms with Gasteiger partial charge in [-0.05, 0) is 132 Å². The smallest absolute Gasteiger partial charge is 0.0511 e. The Labute approximate surface area is 298 Å². The molecule has 2 nitrogen and oxygen atoms in total. The fraction of sp³-hybridized carbons (Fsp3) is 0.271. The summed E-state index contributed by atoms with van der Waals surface area (Å²) in [5, 5.41) is 5.31. The average molecular weight is 653 g/mol. The predicted octanol–water partition coefficient (Wildman–Crippen LogP) is 12.3. The zero-order valence-corrected chi connectivity index (χ0v) is 29.7. The Kier molecular flexibility index (Phi) is 9.11. The monoisotopic (exact) mass is 652 g/mol. The highest BCUT2D eigenvalue weighted by Crippen LogP contribution is 2.62. The molecule has 2 fully saturated rings. The lowest BCUT2D eigenvalue weighted by molar-refractivity contribution is 0.164. The second-order valence-corrected chi connectivity index (χ2v) is 14.8. The van der Waals surface area contributed by atoms with Gasteiger partial charge in [0.05, 0.1) is 6.04 Å². The van der Waals surface area contributed by atoms with Crippen LogP contribution < -0.4 is 0 Å². The molecule has 0 amide bonds. The molecule has 4 aromatic carbocycles. The van der Waals surface area contributed by atoms with Crippen molar-refractivity contribution in [2.75, 3.05) is 0 Å². The molecule has 0 aliphatic heterocycles. The zero-order chi connectivity index (χ0) is 34.0. The molecular weight excluding hydrogens is 605 g/mol. The molecule has 50 heavy (non-hydrogen) atoms. The number of rotatable bonds is 8. The SMILES string of the molecule is CC(=C\C=C(/C)N(C1C=CC(c2ccc3ccccc3c2)=CC1)C1CCC2C(c3ccc4ccccc4c3)[C@H]2C1)/C(C)=C/N=C1C=CC=CC1. The van der Waals surface area contributed by atoms with Gasteiger partial charge in [0.2, 0.25) is 0 Å². The summed E-state index contributed by atoms with van der Waals surface area (Å²) in [5.74, 6) is 2.29. The molecule has 0 aromatic heterocycles. The number of benzene rings is 4. The lowest BCUT2D eigenvalue weighted by atomic mass is 9.89. The molecule has 8 rings (SSSR count). The Morgan fingerprint density at radius 1 is 0.740 bits per heavy atom. The summed E-state index contributed by atoms with van der Waals surface area (Å²) in [6.07, 6.45) is 28.2. The van der Waals surface area contributed by atoms with Crippen LogP contribution in [0.25, 0.3) is 27.1 Å². The Hall–Kier alpha value is -4.95. The zero-order valence-electron chi connectivity index (χ0n) is 29.7. The van der Waals surface area contributed by atoms with Gasteiger partial charge in [-0.3, -0.25) is 4.99 Å². The second-order valence-electron chi connectivity index (χ2n) is 14.8. The van der Waals surface area contributed by atoms with Gasteiger partial charge in [0.15, 0.2) is 0 Å². The Balaban J connectivity index is 1.04. The fourth-order valence-electron chi connectivity index (χ4n) is 8.70. The third-order valence-corrected chi connectivity index (χ3v) is 11.7. The normalized spacial score (nSPS) is 26.0. The van der Waals surface area contributed by atoms with Crippen LogP contribution in [0.15, 0.2) is 168 Å². The Bertz CT molecular complexity index is 2160. The van der Waals surface area contributed by atoms with Gasteiger partial charge < -0.3 is 4.90 Å². The van der Waals surface area contributed by atoms with E-state index in [9.17, 15) is 0 Å². The largest absolute Gasteiger partial charge is 0.365 e. The summed E-state index contributed by atoms with van der Waals surface area (Å²) in [6, 6.07) is 32.4. The molecule has 4 aliphatic carbocycles. The molecular formula is C48H48N2. The maximum atomic E-state index is 4.75. The molecule has 4 aliphatic rings. The van der Waals surface area contributed by atoms with Crippen LogP contribution in [-0.2, 0) is 0 Å². The summed E-state index contributed by atoms with van der Waals surface area (Å²) in [7, 11) is 0. The van der Waals surface area contributed by atoms with Crippen molar-refractivity contribution in [3.8, 4) is 0 Å². The first-order valence-electron chi connectivity index (χ1n) is 18.6. The van der Waals surface area contributed by atoms with Gasteiger partial charge >= 0.3 is 0 Å². The van der Waals surface area contributed by atoms with E-state index in [4.69, 9.17) is 4.99 Å². The van der Waals surface area contributed by atoms with Gasteiger partial charge in [-0.25, -0.2) is 0 Å². The van der Waals surface area contributed by atoms with E-state index in [1.165, 1.54) is 68.8 Å². The number of nitrogens with zero attached hydrogens (tertiary/aromatic N) is 2. The van der Waals surface area contributed by atoms with E-state index in [0.29, 0.717) is 18.0 Å². The van der Waals surface area contributed by atoms with E-state index in [1.54, 1.807) is 5.56 Å². The highest BCUT2D eigenvalue weighted by molar-refractivity contribution is 5.97. The summed E-state index contributed by atoms with van der Waals surface area (Å²) < 4.78 is 0. The minimum Gasteiger partial charge on any atom is -0.365 e. The number of fused-ring (bicyclic) bond motifs is 3. The molecule has 0 spiro atoms. The average Bonchev–Trinajstić information content (AvgIpc) is 3.90. The second kappa shape index (κ2) is 14.1. The van der Waals surface area contributed by atoms with Gasteiger partial charge in [-0.15, -0.1) is 0 Å². The topological polar surface area (TPSA) is 15.6 Å². The van der Waals surface area contributed by atoms with Crippen molar-refractivity contribution in [2.24, 2.45) is 16.8 Å². The molecule has 0 N–H and O–H groups in total. The number of aliphatic imine (C=N–C) groups is 1. The van der Waals surface area contributed by atoms with Gasteiger partial charge in [-0.2, -0.15) is 0 Å². The first-order chi connectivity index (χ1) is 24.5. The van der Waals surface area contributed by atoms with Crippen molar-refractivity contribution in [3.63, 3.8) is 0 Å². The van der Waals surface area contributed by atoms with Crippen molar-refractivity contribution in [1.29, 1.82) is 0 Å². The van der Waals surface area contributed by atoms with E-state index in [-0.39, 0.29) is 0 Å². The van der Waals surface area contributed by atoms with Crippen LogP contribution in [0.4, 0.5) is 0 Å². The highest BCUT2D eigenvalue weighted by Gasteiger charge is 2.54. The molecule has 4 aromatic rings. The molecule has 0 heterocycles. The number of hydrogen-bond acceptors (Lipinski definition) is 2. The molecule has 0 radical (unpaired) electrons. The quantitative estimate of drug-likeness (QED) is 0.173. The lowest BCUT2D eigenvalue weighted by Gasteiger charge is -2.42. The Morgan fingerprint density at radius 3 is 2.24 bits per heavy atom. The van der Waals surface area contributed by atoms with E-state index in [1.807, 2.05) is 6.20 Å². The van der Waals surface area contributed by atoms with Crippen molar-refractivity contribution in [2.45, 2.75) is 70.9 Å². The summed E-state index contributed by atoms with van der Waals surface area (Å²) >= 11 is 0. The van der Waals surface area contributed by atoms with Crippen LogP contribution in [-0.4, -0.2) is 22.7 Å². The minimum absolute atomic E-state index is 0.345. The fourth-order valence-corrected chi connectivity index (χ4v) is 8.70. The summed E-state index contributed by atoms with van der Waals surface area (Å²) in [5.41, 5.74) is 9.10. The van der Waals surface area contributed by atoms with E-state index in [2.05, 4.69) is 165 Å². The van der Waals surface area contributed by atoms with Crippen molar-refractivity contribution >= 4 is 32.8 Å². The standard InChI is InChI=1S/C48H48N2/c1-33(34(2)32-49-43-15-5-4-6-16-43)17-18-35(3)50(44-25-23-38(24-26-44)41-21-19-36-11-7-9-13-39(36)29-41)45-27-28-46-47(31-45)48(46)42-22-20-37-12-8-10-14-40(37)30-42/h4-15,17-25,29-30,32,44-48H,16,26-28,31H2,1-3H3/b33-17+,34-32+,35-18+,49-43?/t44?,45?,46?,47-,48?/m0/s1. The lowest BCUT2D eigenvalue weighted by Crippen LogP contribution is -2.42. The van der Waals surface area contributed by atoms with Crippen LogP contribution in [0.1, 0.15) is 69.9 Å². The van der Waals surface area contributed by atoms with Crippen molar-refractivity contribution in [3.05, 3.63) is 174 Å². The molecule has 5 atom stereocenters. The molecule has 2 heteroatoms. The molecule has 4 unspecified atom stereocenters. The molecule has 0 saturated heterocycles. The van der Waals surface area contributed by atoms with Crippen LogP contribution in [0, 0.1) is 11.8 Å². The Morgan fingerprint density at radius 2 is 1.50 bits per heavy atom. The van der Waals surface area contributed by atoms with Crippen molar-refractivity contribution in [1.82, 2.24) is 4.90 Å². The van der Waals surface area contributed by atoms with E-state index >= 15 is 0 Å². The maximum Gasteiger partial charge on any atom is 0.0511 e. The van der Waals surface area contributed by atoms with E-state index in [0.717, 1.165) is 30.4 Å². The number of allylic oxidation sites excluding steroid dienone is 11. The first-order valence-corrected chi connectivity index (χ1v) is 18.6. The summed E-state index contributed by atoms with van der Waals surface area (Å²) in [6.45, 7) is 6.71.